The lowest BCUT2D eigenvalue weighted by molar-refractivity contribution is -0.870. The van der Waals surface area contributed by atoms with Gasteiger partial charge in [0.1, 0.15) is 19.8 Å². The molecular weight excluding hydrogens is 1180 g/mol. The molecule has 0 aromatic heterocycles. The number of carbonyl (C=O) groups excluding carboxylic acids is 2. The fourth-order valence-corrected chi connectivity index (χ4v) is 9.98. The third kappa shape index (κ3) is 75.6. The zero-order valence-electron chi connectivity index (χ0n) is 60.1. The molecule has 0 saturated heterocycles. The minimum atomic E-state index is -4.67. The lowest BCUT2D eigenvalue weighted by Gasteiger charge is -2.28. The van der Waals surface area contributed by atoms with Crippen LogP contribution in [0.25, 0.3) is 0 Å². The molecular formula is C84H134NO8P. The normalized spacial score (nSPS) is 14.3. The highest BCUT2D eigenvalue weighted by molar-refractivity contribution is 7.45. The van der Waals surface area contributed by atoms with Crippen molar-refractivity contribution in [3.63, 3.8) is 0 Å². The number of hydrogen-bond donors (Lipinski definition) is 0. The molecule has 0 fully saturated rings. The van der Waals surface area contributed by atoms with E-state index in [1.807, 2.05) is 21.1 Å². The van der Waals surface area contributed by atoms with Crippen LogP contribution in [-0.4, -0.2) is 70.0 Å². The predicted octanol–water partition coefficient (Wildman–Crippen LogP) is 24.0. The van der Waals surface area contributed by atoms with Crippen LogP contribution in [0.5, 0.6) is 0 Å². The van der Waals surface area contributed by atoms with E-state index in [1.54, 1.807) is 0 Å². The summed E-state index contributed by atoms with van der Waals surface area (Å²) in [5.74, 6) is -0.876. The van der Waals surface area contributed by atoms with Crippen molar-refractivity contribution in [3.05, 3.63) is 207 Å². The summed E-state index contributed by atoms with van der Waals surface area (Å²) in [5, 5.41) is 0. The average molecular weight is 1320 g/mol. The van der Waals surface area contributed by atoms with Gasteiger partial charge in [0.2, 0.25) is 0 Å². The minimum Gasteiger partial charge on any atom is -0.756 e. The highest BCUT2D eigenvalue weighted by atomic mass is 31.2. The van der Waals surface area contributed by atoms with Crippen LogP contribution in [0.3, 0.4) is 0 Å². The van der Waals surface area contributed by atoms with Crippen LogP contribution in [0.2, 0.25) is 0 Å². The van der Waals surface area contributed by atoms with Crippen molar-refractivity contribution in [2.75, 3.05) is 47.5 Å². The fourth-order valence-electron chi connectivity index (χ4n) is 9.25. The predicted molar refractivity (Wildman–Crippen MR) is 405 cm³/mol. The number of ether oxygens (including phenoxy) is 2. The summed E-state index contributed by atoms with van der Waals surface area (Å²) < 4.78 is 34.3. The summed E-state index contributed by atoms with van der Waals surface area (Å²) in [6, 6.07) is 0. The first kappa shape index (κ1) is 88.6. The third-order valence-electron chi connectivity index (χ3n) is 14.8. The first-order valence-corrected chi connectivity index (χ1v) is 38.3. The number of likely N-dealkylation sites (N-methyl/N-ethyl adjacent to an activating group) is 1. The van der Waals surface area contributed by atoms with E-state index in [1.165, 1.54) is 64.2 Å². The standard InChI is InChI=1S/C84H134NO8P/c1-6-8-10-12-14-16-18-20-22-24-26-28-30-32-34-36-37-38-39-40-41-42-43-44-45-46-47-49-51-53-55-57-59-61-63-65-67-69-71-73-75-77-84(87)93-82(81-92-94(88,89)91-79-78-85(3,4)5)80-90-83(86)76-74-72-70-68-66-64-62-60-58-56-54-52-50-48-35-33-31-29-27-25-23-21-19-17-15-13-11-9-7-2/h8-11,14-17,20-23,26-29,32-35,37-38,40-41,43-44,46-47,51,53,57,59,63,65,82H,6-7,12-13,18-19,24-25,30-31,36,39,42,45,48-50,52,54-56,58,60-62,64,66-81H2,1-5H3/b10-8-,11-9-,16-14-,17-15-,22-20-,23-21-,28-26-,29-27-,34-32-,35-33-,38-37-,41-40-,44-43-,47-46-,53-51-,59-57-,65-63-. The Hall–Kier alpha value is -5.41. The zero-order chi connectivity index (χ0) is 68.3. The van der Waals surface area contributed by atoms with E-state index in [0.29, 0.717) is 23.9 Å². The number of esters is 2. The molecule has 0 bridgehead atoms. The number of unbranched alkanes of at least 4 members (excludes halogenated alkanes) is 17. The lowest BCUT2D eigenvalue weighted by Crippen LogP contribution is -2.37. The molecule has 0 N–H and O–H groups in total. The minimum absolute atomic E-state index is 0.0470. The molecule has 0 aromatic carbocycles. The molecule has 2 unspecified atom stereocenters. The van der Waals surface area contributed by atoms with Crippen molar-refractivity contribution in [3.8, 4) is 0 Å². The Morgan fingerprint density at radius 3 is 0.851 bits per heavy atom. The molecule has 0 spiro atoms. The van der Waals surface area contributed by atoms with Crippen molar-refractivity contribution in [1.82, 2.24) is 0 Å². The van der Waals surface area contributed by atoms with Gasteiger partial charge in [0.05, 0.1) is 27.7 Å². The number of nitrogens with zero attached hydrogens (tertiary/aromatic N) is 1. The largest absolute Gasteiger partial charge is 0.756 e. The molecule has 528 valence electrons. The van der Waals surface area contributed by atoms with Gasteiger partial charge in [-0.1, -0.05) is 304 Å². The van der Waals surface area contributed by atoms with E-state index >= 15 is 0 Å². The molecule has 0 aliphatic carbocycles. The molecule has 10 heteroatoms. The molecule has 0 aromatic rings. The quantitative estimate of drug-likeness (QED) is 0.0195. The zero-order valence-corrected chi connectivity index (χ0v) is 61.0. The molecule has 0 saturated carbocycles. The summed E-state index contributed by atoms with van der Waals surface area (Å²) in [6.07, 6.45) is 113. The number of allylic oxidation sites excluding steroid dienone is 34. The smallest absolute Gasteiger partial charge is 0.306 e. The van der Waals surface area contributed by atoms with Crippen molar-refractivity contribution in [1.29, 1.82) is 0 Å². The van der Waals surface area contributed by atoms with E-state index in [0.717, 1.165) is 154 Å². The fraction of sp³-hybridized carbons (Fsp3) is 0.571. The Kier molecular flexibility index (Phi) is 67.7. The second-order valence-electron chi connectivity index (χ2n) is 24.8. The van der Waals surface area contributed by atoms with Gasteiger partial charge in [-0.05, 0) is 148 Å². The summed E-state index contributed by atoms with van der Waals surface area (Å²) in [5.41, 5.74) is 0. The van der Waals surface area contributed by atoms with Gasteiger partial charge < -0.3 is 27.9 Å². The molecule has 94 heavy (non-hydrogen) atoms. The van der Waals surface area contributed by atoms with Crippen LogP contribution in [-0.2, 0) is 32.7 Å². The monoisotopic (exact) mass is 1320 g/mol. The molecule has 0 radical (unpaired) electrons. The van der Waals surface area contributed by atoms with E-state index in [4.69, 9.17) is 18.5 Å². The van der Waals surface area contributed by atoms with Gasteiger partial charge in [0, 0.05) is 12.8 Å². The molecule has 0 aliphatic rings. The molecule has 0 aliphatic heterocycles. The van der Waals surface area contributed by atoms with Gasteiger partial charge in [-0.15, -0.1) is 0 Å². The molecule has 0 amide bonds. The third-order valence-corrected chi connectivity index (χ3v) is 15.8. The highest BCUT2D eigenvalue weighted by Crippen LogP contribution is 2.38. The van der Waals surface area contributed by atoms with Crippen molar-refractivity contribution >= 4 is 19.8 Å². The maximum absolute atomic E-state index is 12.9. The van der Waals surface area contributed by atoms with Crippen molar-refractivity contribution in [2.45, 2.75) is 264 Å². The van der Waals surface area contributed by atoms with Gasteiger partial charge in [0.25, 0.3) is 7.82 Å². The van der Waals surface area contributed by atoms with Crippen LogP contribution in [0.4, 0.5) is 0 Å². The second-order valence-corrected chi connectivity index (χ2v) is 26.2. The summed E-state index contributed by atoms with van der Waals surface area (Å²) in [7, 11) is 1.12. The number of hydrogen-bond acceptors (Lipinski definition) is 8. The number of rotatable bonds is 65. The Morgan fingerprint density at radius 2 is 0.574 bits per heavy atom. The Labute approximate surface area is 576 Å². The van der Waals surface area contributed by atoms with Crippen molar-refractivity contribution < 1.29 is 42.1 Å². The van der Waals surface area contributed by atoms with Crippen LogP contribution >= 0.6 is 7.82 Å². The van der Waals surface area contributed by atoms with Gasteiger partial charge >= 0.3 is 11.9 Å². The lowest BCUT2D eigenvalue weighted by atomic mass is 10.0. The molecule has 2 atom stereocenters. The van der Waals surface area contributed by atoms with Crippen molar-refractivity contribution in [2.24, 2.45) is 0 Å². The summed E-state index contributed by atoms with van der Waals surface area (Å²) >= 11 is 0. The number of carbonyl (C=O) groups is 2. The first-order chi connectivity index (χ1) is 46.0. The van der Waals surface area contributed by atoms with Gasteiger partial charge in [-0.2, -0.15) is 0 Å². The number of quaternary nitrogens is 1. The van der Waals surface area contributed by atoms with Crippen LogP contribution in [0.1, 0.15) is 258 Å². The van der Waals surface area contributed by atoms with E-state index in [2.05, 4.69) is 220 Å². The Bertz CT molecular complexity index is 2340. The molecule has 9 nitrogen and oxygen atoms in total. The average Bonchev–Trinajstić information content (AvgIpc) is 1.57. The summed E-state index contributed by atoms with van der Waals surface area (Å²) in [6.45, 7) is 3.96. The topological polar surface area (TPSA) is 111 Å². The van der Waals surface area contributed by atoms with Crippen LogP contribution < -0.4 is 4.89 Å². The van der Waals surface area contributed by atoms with E-state index in [-0.39, 0.29) is 26.1 Å². The number of phosphoric acid groups is 1. The first-order valence-electron chi connectivity index (χ1n) is 36.8. The highest BCUT2D eigenvalue weighted by Gasteiger charge is 2.22. The molecule has 0 heterocycles. The Morgan fingerprint density at radius 1 is 0.330 bits per heavy atom. The maximum Gasteiger partial charge on any atom is 0.306 e. The van der Waals surface area contributed by atoms with Crippen LogP contribution in [0.15, 0.2) is 207 Å². The van der Waals surface area contributed by atoms with Gasteiger partial charge in [-0.3, -0.25) is 14.2 Å². The maximum atomic E-state index is 12.9. The Balaban J connectivity index is 4.17. The molecule has 0 rings (SSSR count). The van der Waals surface area contributed by atoms with Gasteiger partial charge in [0.15, 0.2) is 6.10 Å². The van der Waals surface area contributed by atoms with E-state index in [9.17, 15) is 19.0 Å². The summed E-state index contributed by atoms with van der Waals surface area (Å²) in [4.78, 5) is 38.1. The van der Waals surface area contributed by atoms with Gasteiger partial charge in [-0.25, -0.2) is 0 Å². The second kappa shape index (κ2) is 71.9. The van der Waals surface area contributed by atoms with Crippen LogP contribution in [0, 0.1) is 0 Å². The SMILES string of the molecule is CC/C=C\C/C=C\C/C=C\C/C=C\C/C=C\C/C=C\C/C=C\C/C=C\C/C=C\C/C=C\C/C=C\C/C=C\CCCCCCC(=O)OC(COC(=O)CCCCCCCCCCCCCCC/C=C\C/C=C\C/C=C\C/C=C\C/C=C\CC)COP(=O)([O-])OCC[N+](C)(C)C. The number of phosphoric ester groups is 1. The van der Waals surface area contributed by atoms with E-state index < -0.39 is 32.5 Å².